The van der Waals surface area contributed by atoms with Crippen LogP contribution in [-0.2, 0) is 0 Å². The molecule has 0 amide bonds. The number of aryl methyl sites for hydroxylation is 1. The van der Waals surface area contributed by atoms with Gasteiger partial charge in [-0.05, 0) is 38.5 Å². The van der Waals surface area contributed by atoms with Crippen molar-refractivity contribution in [2.24, 2.45) is 5.92 Å². The highest BCUT2D eigenvalue weighted by Crippen LogP contribution is 2.30. The lowest BCUT2D eigenvalue weighted by Crippen LogP contribution is -2.33. The quantitative estimate of drug-likeness (QED) is 0.907. The van der Waals surface area contributed by atoms with Crippen molar-refractivity contribution in [2.45, 2.75) is 38.5 Å². The molecule has 2 fully saturated rings. The van der Waals surface area contributed by atoms with Gasteiger partial charge in [0, 0.05) is 31.6 Å². The van der Waals surface area contributed by atoms with E-state index < -0.39 is 0 Å². The summed E-state index contributed by atoms with van der Waals surface area (Å²) in [6.07, 6.45) is 6.35. The van der Waals surface area contributed by atoms with Gasteiger partial charge in [-0.3, -0.25) is 0 Å². The maximum atomic E-state index is 5.31. The van der Waals surface area contributed by atoms with Crippen molar-refractivity contribution in [1.82, 2.24) is 20.1 Å². The lowest BCUT2D eigenvalue weighted by atomic mass is 9.97. The van der Waals surface area contributed by atoms with Gasteiger partial charge in [0.2, 0.25) is 5.89 Å². The molecule has 2 aromatic heterocycles. The Morgan fingerprint density at radius 2 is 2.04 bits per heavy atom. The predicted octanol–water partition coefficient (Wildman–Crippen LogP) is 2.37. The maximum absolute atomic E-state index is 5.31. The van der Waals surface area contributed by atoms with Crippen LogP contribution in [0.25, 0.3) is 0 Å². The first-order chi connectivity index (χ1) is 11.3. The molecule has 7 nitrogen and oxygen atoms in total. The van der Waals surface area contributed by atoms with E-state index in [0.29, 0.717) is 11.7 Å². The molecule has 2 aliphatic rings. The van der Waals surface area contributed by atoms with E-state index in [2.05, 4.69) is 36.4 Å². The standard InChI is InChI=1S/C16H22N6O/c1-11-20-16(23-21-11)13-4-6-22(7-5-13)15-8-14(18-10-19-15)17-9-12-2-3-12/h8,10,12-13H,2-7,9H2,1H3,(H,17,18,19). The zero-order valence-electron chi connectivity index (χ0n) is 13.4. The van der Waals surface area contributed by atoms with E-state index in [4.69, 9.17) is 4.52 Å². The highest BCUT2D eigenvalue weighted by atomic mass is 16.5. The molecule has 122 valence electrons. The summed E-state index contributed by atoms with van der Waals surface area (Å²) in [7, 11) is 0. The van der Waals surface area contributed by atoms with Gasteiger partial charge in [0.25, 0.3) is 0 Å². The third kappa shape index (κ3) is 3.43. The molecule has 0 radical (unpaired) electrons. The maximum Gasteiger partial charge on any atom is 0.229 e. The van der Waals surface area contributed by atoms with E-state index in [9.17, 15) is 0 Å². The van der Waals surface area contributed by atoms with Crippen LogP contribution >= 0.6 is 0 Å². The van der Waals surface area contributed by atoms with E-state index in [1.165, 1.54) is 12.8 Å². The second-order valence-corrected chi connectivity index (χ2v) is 6.53. The van der Waals surface area contributed by atoms with E-state index in [0.717, 1.165) is 55.9 Å². The monoisotopic (exact) mass is 314 g/mol. The average Bonchev–Trinajstić information content (AvgIpc) is 3.33. The molecule has 1 saturated carbocycles. The van der Waals surface area contributed by atoms with Crippen LogP contribution < -0.4 is 10.2 Å². The number of nitrogens with zero attached hydrogens (tertiary/aromatic N) is 5. The number of rotatable bonds is 5. The molecule has 1 saturated heterocycles. The summed E-state index contributed by atoms with van der Waals surface area (Å²) in [6.45, 7) is 4.78. The first-order valence-corrected chi connectivity index (χ1v) is 8.39. The first kappa shape index (κ1) is 14.4. The molecule has 7 heteroatoms. The fourth-order valence-corrected chi connectivity index (χ4v) is 3.02. The van der Waals surface area contributed by atoms with Crippen molar-refractivity contribution >= 4 is 11.6 Å². The van der Waals surface area contributed by atoms with Gasteiger partial charge in [0.05, 0.1) is 0 Å². The van der Waals surface area contributed by atoms with Gasteiger partial charge in [-0.2, -0.15) is 4.98 Å². The molecule has 4 rings (SSSR count). The highest BCUT2D eigenvalue weighted by molar-refractivity contribution is 5.48. The van der Waals surface area contributed by atoms with Crippen LogP contribution in [0, 0.1) is 12.8 Å². The van der Waals surface area contributed by atoms with Crippen molar-refractivity contribution in [3.8, 4) is 0 Å². The van der Waals surface area contributed by atoms with Crippen LogP contribution in [0.3, 0.4) is 0 Å². The Labute approximate surface area is 135 Å². The fourth-order valence-electron chi connectivity index (χ4n) is 3.02. The number of hydrogen-bond donors (Lipinski definition) is 1. The van der Waals surface area contributed by atoms with Crippen LogP contribution in [0.2, 0.25) is 0 Å². The van der Waals surface area contributed by atoms with E-state index in [1.807, 2.05) is 6.92 Å². The van der Waals surface area contributed by atoms with Gasteiger partial charge in [0.1, 0.15) is 18.0 Å². The molecule has 0 spiro atoms. The molecule has 0 bridgehead atoms. The third-order valence-electron chi connectivity index (χ3n) is 4.63. The van der Waals surface area contributed by atoms with Gasteiger partial charge in [0.15, 0.2) is 5.82 Å². The van der Waals surface area contributed by atoms with Gasteiger partial charge in [-0.15, -0.1) is 0 Å². The minimum Gasteiger partial charge on any atom is -0.370 e. The minimum absolute atomic E-state index is 0.363. The molecular weight excluding hydrogens is 292 g/mol. The number of aromatic nitrogens is 4. The second-order valence-electron chi connectivity index (χ2n) is 6.53. The van der Waals surface area contributed by atoms with Crippen LogP contribution in [0.1, 0.15) is 43.3 Å². The molecule has 23 heavy (non-hydrogen) atoms. The third-order valence-corrected chi connectivity index (χ3v) is 4.63. The summed E-state index contributed by atoms with van der Waals surface area (Å²) < 4.78 is 5.31. The highest BCUT2D eigenvalue weighted by Gasteiger charge is 2.26. The van der Waals surface area contributed by atoms with Crippen LogP contribution in [0.15, 0.2) is 16.9 Å². The van der Waals surface area contributed by atoms with Gasteiger partial charge in [-0.1, -0.05) is 5.16 Å². The molecule has 0 atom stereocenters. The Morgan fingerprint density at radius 1 is 1.22 bits per heavy atom. The topological polar surface area (TPSA) is 80.0 Å². The van der Waals surface area contributed by atoms with Crippen LogP contribution in [0.4, 0.5) is 11.6 Å². The molecule has 1 N–H and O–H groups in total. The summed E-state index contributed by atoms with van der Waals surface area (Å²) in [5.41, 5.74) is 0. The zero-order valence-corrected chi connectivity index (χ0v) is 13.4. The second kappa shape index (κ2) is 6.14. The Hall–Kier alpha value is -2.18. The smallest absolute Gasteiger partial charge is 0.229 e. The minimum atomic E-state index is 0.363. The van der Waals surface area contributed by atoms with Crippen molar-refractivity contribution in [1.29, 1.82) is 0 Å². The molecule has 0 unspecified atom stereocenters. The van der Waals surface area contributed by atoms with Gasteiger partial charge in [-0.25, -0.2) is 9.97 Å². The predicted molar refractivity (Wildman–Crippen MR) is 86.5 cm³/mol. The molecular formula is C16H22N6O. The Morgan fingerprint density at radius 3 is 2.74 bits per heavy atom. The van der Waals surface area contributed by atoms with Crippen molar-refractivity contribution in [3.63, 3.8) is 0 Å². The van der Waals surface area contributed by atoms with Crippen LogP contribution in [-0.4, -0.2) is 39.7 Å². The largest absolute Gasteiger partial charge is 0.370 e. The molecule has 1 aliphatic carbocycles. The Kier molecular flexibility index (Phi) is 3.85. The number of hydrogen-bond acceptors (Lipinski definition) is 7. The molecule has 0 aromatic carbocycles. The zero-order chi connectivity index (χ0) is 15.6. The summed E-state index contributed by atoms with van der Waals surface area (Å²) in [4.78, 5) is 15.4. The molecule has 2 aromatic rings. The van der Waals surface area contributed by atoms with Gasteiger partial charge < -0.3 is 14.7 Å². The summed E-state index contributed by atoms with van der Waals surface area (Å²) >= 11 is 0. The lowest BCUT2D eigenvalue weighted by molar-refractivity contribution is 0.327. The number of nitrogens with one attached hydrogen (secondary N) is 1. The fraction of sp³-hybridized carbons (Fsp3) is 0.625. The number of anilines is 2. The molecule has 1 aliphatic heterocycles. The Balaban J connectivity index is 1.36. The average molecular weight is 314 g/mol. The summed E-state index contributed by atoms with van der Waals surface area (Å²) in [5.74, 6) is 4.61. The van der Waals surface area contributed by atoms with Gasteiger partial charge >= 0.3 is 0 Å². The lowest BCUT2D eigenvalue weighted by Gasteiger charge is -2.31. The van der Waals surface area contributed by atoms with E-state index in [-0.39, 0.29) is 0 Å². The van der Waals surface area contributed by atoms with Crippen molar-refractivity contribution < 1.29 is 4.52 Å². The first-order valence-electron chi connectivity index (χ1n) is 8.39. The van der Waals surface area contributed by atoms with E-state index >= 15 is 0 Å². The Bertz CT molecular complexity index is 660. The normalized spacial score (nSPS) is 19.1. The summed E-state index contributed by atoms with van der Waals surface area (Å²) in [6, 6.07) is 2.06. The summed E-state index contributed by atoms with van der Waals surface area (Å²) in [5, 5.41) is 7.30. The van der Waals surface area contributed by atoms with Crippen molar-refractivity contribution in [3.05, 3.63) is 24.1 Å². The van der Waals surface area contributed by atoms with E-state index in [1.54, 1.807) is 6.33 Å². The molecule has 3 heterocycles. The SMILES string of the molecule is Cc1noc(C2CCN(c3cc(NCC4CC4)ncn3)CC2)n1. The van der Waals surface area contributed by atoms with Crippen LogP contribution in [0.5, 0.6) is 0 Å². The number of piperidine rings is 1. The van der Waals surface area contributed by atoms with Crippen molar-refractivity contribution in [2.75, 3.05) is 29.9 Å².